The van der Waals surface area contributed by atoms with Crippen LogP contribution in [0.4, 0.5) is 0 Å². The Morgan fingerprint density at radius 3 is 2.03 bits per heavy atom. The Hall–Kier alpha value is -5.31. The van der Waals surface area contributed by atoms with Gasteiger partial charge in [0.2, 0.25) is 11.0 Å². The molecule has 38 heavy (non-hydrogen) atoms. The van der Waals surface area contributed by atoms with Crippen LogP contribution < -0.4 is 30.1 Å². The van der Waals surface area contributed by atoms with E-state index in [4.69, 9.17) is 0 Å². The molecular formula is C29H27N7O2+4. The summed E-state index contributed by atoms with van der Waals surface area (Å²) in [6.07, 6.45) is 7.21. The molecule has 0 saturated carbocycles. The Labute approximate surface area is 218 Å². The molecule has 0 aliphatic carbocycles. The van der Waals surface area contributed by atoms with Crippen molar-refractivity contribution in [2.24, 2.45) is 19.2 Å². The third-order valence-electron chi connectivity index (χ3n) is 6.21. The fourth-order valence-electron chi connectivity index (χ4n) is 4.21. The number of hydrazone groups is 2. The molecule has 0 aliphatic heterocycles. The molecule has 0 aliphatic rings. The summed E-state index contributed by atoms with van der Waals surface area (Å²) in [6, 6.07) is 24.6. The molecule has 5 rings (SSSR count). The third kappa shape index (κ3) is 5.12. The highest BCUT2D eigenvalue weighted by molar-refractivity contribution is 5.98. The van der Waals surface area contributed by atoms with Crippen LogP contribution in [0.1, 0.15) is 32.1 Å². The Balaban J connectivity index is 1.25. The van der Waals surface area contributed by atoms with Gasteiger partial charge in [0.1, 0.15) is 14.1 Å². The van der Waals surface area contributed by atoms with Crippen LogP contribution in [0.25, 0.3) is 21.8 Å². The Kier molecular flexibility index (Phi) is 6.90. The van der Waals surface area contributed by atoms with Gasteiger partial charge in [-0.2, -0.15) is 10.1 Å². The molecule has 5 aromatic rings. The highest BCUT2D eigenvalue weighted by atomic mass is 16.2. The standard InChI is InChI=1S/C29H23N7O2/c1-35-16-14-20(22-8-3-5-12-26(22)35)18-30-33-28(37)24-10-7-11-25(32-24)29(38)34-31-19-21-15-17-36(2)27-13-6-4-9-23(21)27/h3-19H,1-2H3/p+4. The van der Waals surface area contributed by atoms with Crippen LogP contribution in [0.2, 0.25) is 0 Å². The number of carbonyl (C=O) groups is 2. The van der Waals surface area contributed by atoms with E-state index in [-0.39, 0.29) is 11.4 Å². The summed E-state index contributed by atoms with van der Waals surface area (Å²) < 4.78 is 4.05. The number of para-hydroxylation sites is 2. The van der Waals surface area contributed by atoms with Crippen LogP contribution in [-0.4, -0.2) is 24.2 Å². The lowest BCUT2D eigenvalue weighted by molar-refractivity contribution is -0.645. The first-order valence-corrected chi connectivity index (χ1v) is 12.0. The van der Waals surface area contributed by atoms with Crippen molar-refractivity contribution in [2.75, 3.05) is 0 Å². The molecule has 9 nitrogen and oxygen atoms in total. The molecular weight excluding hydrogens is 478 g/mol. The van der Waals surface area contributed by atoms with Gasteiger partial charge >= 0.3 is 11.8 Å². The number of H-pyrrole nitrogens is 1. The predicted molar refractivity (Wildman–Crippen MR) is 142 cm³/mol. The first-order valence-electron chi connectivity index (χ1n) is 12.0. The van der Waals surface area contributed by atoms with Crippen molar-refractivity contribution in [3.05, 3.63) is 114 Å². The lowest BCUT2D eigenvalue weighted by Crippen LogP contribution is -2.82. The van der Waals surface area contributed by atoms with Crippen LogP contribution in [0.5, 0.6) is 0 Å². The van der Waals surface area contributed by atoms with Gasteiger partial charge in [0.25, 0.3) is 11.4 Å². The van der Waals surface area contributed by atoms with E-state index in [2.05, 4.69) is 26.0 Å². The molecule has 0 fully saturated rings. The number of hydrogen-bond acceptors (Lipinski definition) is 3. The Morgan fingerprint density at radius 1 is 0.763 bits per heavy atom. The summed E-state index contributed by atoms with van der Waals surface area (Å²) in [5.74, 6) is -0.890. The first kappa shape index (κ1) is 24.4. The summed E-state index contributed by atoms with van der Waals surface area (Å²) >= 11 is 0. The van der Waals surface area contributed by atoms with E-state index in [1.807, 2.05) is 96.3 Å². The number of fused-ring (bicyclic) bond motifs is 2. The minimum absolute atomic E-state index is 0.199. The topological polar surface area (TPSA) is 106 Å². The number of pyridine rings is 3. The molecule has 4 N–H and O–H groups in total. The number of aryl methyl sites for hydroxylation is 2. The number of benzene rings is 2. The second-order valence-electron chi connectivity index (χ2n) is 8.72. The van der Waals surface area contributed by atoms with Gasteiger partial charge in [-0.15, -0.1) is 10.5 Å². The lowest BCUT2D eigenvalue weighted by atomic mass is 10.1. The van der Waals surface area contributed by atoms with Crippen molar-refractivity contribution in [1.29, 1.82) is 0 Å². The normalized spacial score (nSPS) is 11.4. The lowest BCUT2D eigenvalue weighted by Gasteiger charge is -2.00. The number of hydrogen-bond donors (Lipinski definition) is 3. The highest BCUT2D eigenvalue weighted by Crippen LogP contribution is 2.13. The zero-order valence-electron chi connectivity index (χ0n) is 21.0. The predicted octanol–water partition coefficient (Wildman–Crippen LogP) is 0.0645. The second kappa shape index (κ2) is 10.8. The Morgan fingerprint density at radius 2 is 1.34 bits per heavy atom. The number of amides is 2. The number of aromatic amines is 1. The van der Waals surface area contributed by atoms with Gasteiger partial charge < -0.3 is 0 Å². The smallest absolute Gasteiger partial charge is 0.260 e. The SMILES string of the molecule is C[n+]1ccc(/C=N/NC(=O)c2cccc(C(=O)N/[NH+]=C/c3cc[n+](C)c4ccccc34)[nH+]2)c2ccccc21. The molecule has 0 spiro atoms. The number of hydrazine groups is 1. The van der Waals surface area contributed by atoms with Crippen molar-refractivity contribution in [1.82, 2.24) is 10.9 Å². The average molecular weight is 506 g/mol. The molecule has 3 aromatic heterocycles. The van der Waals surface area contributed by atoms with Crippen LogP contribution >= 0.6 is 0 Å². The van der Waals surface area contributed by atoms with Crippen LogP contribution in [0.15, 0.2) is 96.4 Å². The maximum Gasteiger partial charge on any atom is 0.369 e. The number of rotatable bonds is 6. The molecule has 186 valence electrons. The summed E-state index contributed by atoms with van der Waals surface area (Å²) in [4.78, 5) is 28.2. The Bertz CT molecular complexity index is 1620. The van der Waals surface area contributed by atoms with Crippen LogP contribution in [0, 0.1) is 0 Å². The molecule has 0 saturated heterocycles. The minimum Gasteiger partial charge on any atom is -0.260 e. The molecule has 0 bridgehead atoms. The van der Waals surface area contributed by atoms with Crippen LogP contribution in [0.3, 0.4) is 0 Å². The van der Waals surface area contributed by atoms with Gasteiger partial charge in [0.05, 0.1) is 22.6 Å². The van der Waals surface area contributed by atoms with E-state index in [0.717, 1.165) is 32.9 Å². The quantitative estimate of drug-likeness (QED) is 0.173. The maximum absolute atomic E-state index is 12.7. The monoisotopic (exact) mass is 505 g/mol. The summed E-state index contributed by atoms with van der Waals surface area (Å²) in [5.41, 5.74) is 9.48. The van der Waals surface area contributed by atoms with Crippen molar-refractivity contribution < 1.29 is 28.8 Å². The zero-order chi connectivity index (χ0) is 26.5. The van der Waals surface area contributed by atoms with Crippen molar-refractivity contribution in [2.45, 2.75) is 0 Å². The molecule has 3 heterocycles. The largest absolute Gasteiger partial charge is 0.369 e. The number of nitrogens with zero attached hydrogens (tertiary/aromatic N) is 3. The molecule has 2 amide bonds. The molecule has 2 aromatic carbocycles. The number of carbonyl (C=O) groups excluding carboxylic acids is 2. The van der Waals surface area contributed by atoms with Crippen LogP contribution in [-0.2, 0) is 14.1 Å². The highest BCUT2D eigenvalue weighted by Gasteiger charge is 2.20. The van der Waals surface area contributed by atoms with Gasteiger partial charge in [-0.1, -0.05) is 24.3 Å². The van der Waals surface area contributed by atoms with Gasteiger partial charge in [0, 0.05) is 42.0 Å². The van der Waals surface area contributed by atoms with Gasteiger partial charge in [-0.25, -0.2) is 14.6 Å². The van der Waals surface area contributed by atoms with Gasteiger partial charge in [-0.05, 0) is 18.2 Å². The fourth-order valence-corrected chi connectivity index (χ4v) is 4.21. The molecule has 0 radical (unpaired) electrons. The van der Waals surface area contributed by atoms with Gasteiger partial charge in [-0.3, -0.25) is 9.59 Å². The molecule has 0 atom stereocenters. The third-order valence-corrected chi connectivity index (χ3v) is 6.21. The van der Waals surface area contributed by atoms with E-state index in [1.54, 1.807) is 30.6 Å². The number of nitrogens with one attached hydrogen (secondary N) is 4. The van der Waals surface area contributed by atoms with E-state index in [1.165, 1.54) is 0 Å². The minimum atomic E-state index is -0.468. The summed E-state index contributed by atoms with van der Waals surface area (Å²) in [5, 5.41) is 9.02. The van der Waals surface area contributed by atoms with E-state index in [0.29, 0.717) is 0 Å². The van der Waals surface area contributed by atoms with Crippen molar-refractivity contribution in [3.8, 4) is 0 Å². The second-order valence-corrected chi connectivity index (χ2v) is 8.72. The first-order chi connectivity index (χ1) is 18.5. The maximum atomic E-state index is 12.7. The fraction of sp³-hybridized carbons (Fsp3) is 0.0690. The van der Waals surface area contributed by atoms with E-state index >= 15 is 0 Å². The number of aromatic nitrogens is 3. The van der Waals surface area contributed by atoms with Crippen molar-refractivity contribution in [3.63, 3.8) is 0 Å². The van der Waals surface area contributed by atoms with E-state index < -0.39 is 11.8 Å². The molecule has 9 heteroatoms. The van der Waals surface area contributed by atoms with E-state index in [9.17, 15) is 9.59 Å². The molecule has 0 unspecified atom stereocenters. The van der Waals surface area contributed by atoms with Crippen molar-refractivity contribution >= 4 is 46.0 Å². The zero-order valence-corrected chi connectivity index (χ0v) is 21.0. The summed E-state index contributed by atoms with van der Waals surface area (Å²) in [6.45, 7) is 0. The summed E-state index contributed by atoms with van der Waals surface area (Å²) in [7, 11) is 3.95. The van der Waals surface area contributed by atoms with Gasteiger partial charge in [0.15, 0.2) is 18.6 Å². The average Bonchev–Trinajstić information content (AvgIpc) is 2.95.